The molecule has 22 heavy (non-hydrogen) atoms. The van der Waals surface area contributed by atoms with Crippen LogP contribution in [0.3, 0.4) is 0 Å². The first-order chi connectivity index (χ1) is 10.7. The van der Waals surface area contributed by atoms with Gasteiger partial charge in [-0.2, -0.15) is 0 Å². The zero-order valence-corrected chi connectivity index (χ0v) is 12.2. The van der Waals surface area contributed by atoms with Crippen LogP contribution in [0.15, 0.2) is 66.2 Å². The van der Waals surface area contributed by atoms with Gasteiger partial charge in [0, 0.05) is 0 Å². The van der Waals surface area contributed by atoms with Gasteiger partial charge in [-0.1, -0.05) is 54.6 Å². The number of rotatable bonds is 3. The molecule has 0 unspecified atom stereocenters. The number of fused-ring (bicyclic) bond motifs is 5. The van der Waals surface area contributed by atoms with Crippen molar-refractivity contribution in [2.45, 2.75) is 25.2 Å². The number of esters is 1. The lowest BCUT2D eigenvalue weighted by molar-refractivity contribution is -0.144. The van der Waals surface area contributed by atoms with Gasteiger partial charge in [0.25, 0.3) is 0 Å². The van der Waals surface area contributed by atoms with Crippen LogP contribution in [0.2, 0.25) is 0 Å². The van der Waals surface area contributed by atoms with Gasteiger partial charge in [0.1, 0.15) is 18.3 Å². The van der Waals surface area contributed by atoms with E-state index < -0.39 is 0 Å². The highest BCUT2D eigenvalue weighted by Gasteiger charge is 2.42. The van der Waals surface area contributed by atoms with Gasteiger partial charge in [-0.05, 0) is 29.7 Å². The van der Waals surface area contributed by atoms with Gasteiger partial charge in [0.05, 0.1) is 5.57 Å². The average molecular weight is 292 g/mol. The normalized spacial score (nSPS) is 22.9. The zero-order valence-electron chi connectivity index (χ0n) is 12.2. The molecule has 2 aromatic rings. The summed E-state index contributed by atoms with van der Waals surface area (Å²) in [7, 11) is 0. The fraction of sp³-hybridized carbons (Fsp3) is 0.211. The highest BCUT2D eigenvalue weighted by Crippen LogP contribution is 2.50. The zero-order chi connectivity index (χ0) is 15.1. The molecule has 3 atom stereocenters. The van der Waals surface area contributed by atoms with Crippen LogP contribution >= 0.6 is 0 Å². The van der Waals surface area contributed by atoms with E-state index in [1.807, 2.05) is 67.6 Å². The monoisotopic (exact) mass is 292 g/mol. The molecule has 0 fully saturated rings. The molecule has 0 radical (unpaired) electrons. The van der Waals surface area contributed by atoms with Gasteiger partial charge in [-0.25, -0.2) is 4.79 Å². The number of hydrogen-bond donors (Lipinski definition) is 0. The molecule has 3 heteroatoms. The van der Waals surface area contributed by atoms with Gasteiger partial charge < -0.3 is 9.47 Å². The average Bonchev–Trinajstić information content (AvgIpc) is 3.15. The van der Waals surface area contributed by atoms with Crippen LogP contribution in [-0.4, -0.2) is 5.97 Å². The number of hydrogen-bond acceptors (Lipinski definition) is 3. The molecule has 2 heterocycles. The Labute approximate surface area is 129 Å². The minimum Gasteiger partial charge on any atom is -0.454 e. The lowest BCUT2D eigenvalue weighted by Gasteiger charge is -2.17. The van der Waals surface area contributed by atoms with E-state index in [0.29, 0.717) is 5.57 Å². The smallest absolute Gasteiger partial charge is 0.337 e. The summed E-state index contributed by atoms with van der Waals surface area (Å²) in [5, 5.41) is 0. The molecule has 0 amide bonds. The molecule has 2 aliphatic rings. The molecular weight excluding hydrogens is 276 g/mol. The highest BCUT2D eigenvalue weighted by molar-refractivity contribution is 5.91. The number of ether oxygens (including phenoxy) is 2. The van der Waals surface area contributed by atoms with Crippen LogP contribution in [0.5, 0.6) is 0 Å². The lowest BCUT2D eigenvalue weighted by atomic mass is 9.91. The summed E-state index contributed by atoms with van der Waals surface area (Å²) in [4.78, 5) is 12.5. The molecular formula is C19H16O3. The van der Waals surface area contributed by atoms with E-state index in [2.05, 4.69) is 0 Å². The minimum absolute atomic E-state index is 0.115. The first kappa shape index (κ1) is 13.3. The maximum Gasteiger partial charge on any atom is 0.337 e. The predicted molar refractivity (Wildman–Crippen MR) is 82.0 cm³/mol. The molecule has 110 valence electrons. The Kier molecular flexibility index (Phi) is 3.09. The Hall–Kier alpha value is -2.39. The second-order valence-corrected chi connectivity index (χ2v) is 5.65. The third-order valence-corrected chi connectivity index (χ3v) is 4.27. The maximum atomic E-state index is 12.5. The number of carbonyl (C=O) groups is 1. The summed E-state index contributed by atoms with van der Waals surface area (Å²) in [5.41, 5.74) is 3.84. The molecule has 0 aromatic heterocycles. The topological polar surface area (TPSA) is 35.5 Å². The Balaban J connectivity index is 1.53. The van der Waals surface area contributed by atoms with Crippen molar-refractivity contribution in [3.63, 3.8) is 0 Å². The summed E-state index contributed by atoms with van der Waals surface area (Å²) in [5.74, 6) is -0.293. The van der Waals surface area contributed by atoms with Crippen molar-refractivity contribution in [2.24, 2.45) is 0 Å². The Morgan fingerprint density at radius 1 is 1.05 bits per heavy atom. The van der Waals surface area contributed by atoms with Crippen molar-refractivity contribution in [3.8, 4) is 0 Å². The fourth-order valence-corrected chi connectivity index (χ4v) is 3.12. The molecule has 0 aliphatic carbocycles. The molecule has 4 rings (SSSR count). The Morgan fingerprint density at radius 2 is 1.73 bits per heavy atom. The summed E-state index contributed by atoms with van der Waals surface area (Å²) in [6.45, 7) is 1.88. The van der Waals surface area contributed by atoms with Crippen LogP contribution < -0.4 is 0 Å². The van der Waals surface area contributed by atoms with E-state index >= 15 is 0 Å². The molecule has 3 nitrogen and oxygen atoms in total. The Morgan fingerprint density at radius 3 is 2.50 bits per heavy atom. The van der Waals surface area contributed by atoms with E-state index in [9.17, 15) is 4.79 Å². The minimum atomic E-state index is -0.293. The lowest BCUT2D eigenvalue weighted by Crippen LogP contribution is -2.15. The number of carbonyl (C=O) groups excluding carboxylic acids is 1. The standard InChI is InChI=1S/C19H16O3/c1-12(13-7-3-2-4-8-13)21-19(20)16-11-17-14-9-5-6-10-15(14)18(16)22-17/h2-12,17-18H,1H3/t12-,17-,18-/m1/s1. The molecule has 0 saturated heterocycles. The fourth-order valence-electron chi connectivity index (χ4n) is 3.12. The second kappa shape index (κ2) is 5.11. The molecule has 0 N–H and O–H groups in total. The highest BCUT2D eigenvalue weighted by atomic mass is 16.6. The quantitative estimate of drug-likeness (QED) is 0.801. The van der Waals surface area contributed by atoms with Crippen LogP contribution in [-0.2, 0) is 14.3 Å². The van der Waals surface area contributed by atoms with Crippen molar-refractivity contribution in [3.05, 3.63) is 82.9 Å². The van der Waals surface area contributed by atoms with Crippen molar-refractivity contribution in [2.75, 3.05) is 0 Å². The Bertz CT molecular complexity index is 748. The van der Waals surface area contributed by atoms with Gasteiger partial charge in [0.15, 0.2) is 0 Å². The van der Waals surface area contributed by atoms with E-state index in [1.165, 1.54) is 0 Å². The van der Waals surface area contributed by atoms with Gasteiger partial charge in [0.2, 0.25) is 0 Å². The van der Waals surface area contributed by atoms with Crippen molar-refractivity contribution >= 4 is 5.97 Å². The van der Waals surface area contributed by atoms with Crippen LogP contribution in [0, 0.1) is 0 Å². The van der Waals surface area contributed by atoms with Gasteiger partial charge in [-0.3, -0.25) is 0 Å². The summed E-state index contributed by atoms with van der Waals surface area (Å²) >= 11 is 0. The van der Waals surface area contributed by atoms with E-state index in [0.717, 1.165) is 16.7 Å². The van der Waals surface area contributed by atoms with Crippen molar-refractivity contribution in [1.29, 1.82) is 0 Å². The molecule has 2 bridgehead atoms. The maximum absolute atomic E-state index is 12.5. The second-order valence-electron chi connectivity index (χ2n) is 5.65. The largest absolute Gasteiger partial charge is 0.454 e. The van der Waals surface area contributed by atoms with Crippen LogP contribution in [0.4, 0.5) is 0 Å². The third kappa shape index (κ3) is 2.06. The van der Waals surface area contributed by atoms with Gasteiger partial charge in [-0.15, -0.1) is 0 Å². The molecule has 0 spiro atoms. The predicted octanol–water partition coefficient (Wildman–Crippen LogP) is 4.04. The molecule has 2 aliphatic heterocycles. The summed E-state index contributed by atoms with van der Waals surface area (Å²) in [6, 6.07) is 17.8. The van der Waals surface area contributed by atoms with Crippen molar-refractivity contribution < 1.29 is 14.3 Å². The number of benzene rings is 2. The van der Waals surface area contributed by atoms with Crippen LogP contribution in [0.25, 0.3) is 0 Å². The molecule has 0 saturated carbocycles. The summed E-state index contributed by atoms with van der Waals surface area (Å²) in [6.07, 6.45) is 1.21. The van der Waals surface area contributed by atoms with Gasteiger partial charge >= 0.3 is 5.97 Å². The van der Waals surface area contributed by atoms with Crippen molar-refractivity contribution in [1.82, 2.24) is 0 Å². The molecule has 2 aromatic carbocycles. The first-order valence-electron chi connectivity index (χ1n) is 7.46. The van der Waals surface area contributed by atoms with E-state index in [4.69, 9.17) is 9.47 Å². The van der Waals surface area contributed by atoms with Crippen LogP contribution in [0.1, 0.15) is 41.9 Å². The third-order valence-electron chi connectivity index (χ3n) is 4.27. The van der Waals surface area contributed by atoms with E-state index in [-0.39, 0.29) is 24.3 Å². The summed E-state index contributed by atoms with van der Waals surface area (Å²) < 4.78 is 11.5. The first-order valence-corrected chi connectivity index (χ1v) is 7.46. The SMILES string of the molecule is C[C@@H](OC(=O)C1=C[C@H]2O[C@@H]1c1ccccc12)c1ccccc1. The van der Waals surface area contributed by atoms with E-state index in [1.54, 1.807) is 0 Å².